The molecule has 2 aromatic carbocycles. The van der Waals surface area contributed by atoms with E-state index in [2.05, 4.69) is 21.2 Å². The van der Waals surface area contributed by atoms with Crippen LogP contribution in [0.25, 0.3) is 0 Å². The van der Waals surface area contributed by atoms with Gasteiger partial charge >= 0.3 is 5.97 Å². The molecule has 2 rings (SSSR count). The van der Waals surface area contributed by atoms with Gasteiger partial charge in [0.15, 0.2) is 0 Å². The first-order valence-corrected chi connectivity index (χ1v) is 6.78. The molecule has 3 nitrogen and oxygen atoms in total. The molecule has 0 radical (unpaired) electrons. The van der Waals surface area contributed by atoms with E-state index in [4.69, 9.17) is 5.11 Å². The SMILES string of the molecule is Cc1ccc(Br)c(NCc2ccc(C(=O)O)c(F)c2)c1. The summed E-state index contributed by atoms with van der Waals surface area (Å²) in [4.78, 5) is 10.7. The lowest BCUT2D eigenvalue weighted by molar-refractivity contribution is 0.0692. The van der Waals surface area contributed by atoms with E-state index in [-0.39, 0.29) is 5.56 Å². The Kier molecular flexibility index (Phi) is 4.39. The second-order valence-corrected chi connectivity index (χ2v) is 5.31. The van der Waals surface area contributed by atoms with Crippen molar-refractivity contribution in [3.63, 3.8) is 0 Å². The molecule has 0 heterocycles. The van der Waals surface area contributed by atoms with Gasteiger partial charge in [-0.1, -0.05) is 12.1 Å². The van der Waals surface area contributed by atoms with Crippen LogP contribution in [0.15, 0.2) is 40.9 Å². The average molecular weight is 338 g/mol. The van der Waals surface area contributed by atoms with Gasteiger partial charge in [-0.15, -0.1) is 0 Å². The van der Waals surface area contributed by atoms with E-state index in [0.717, 1.165) is 15.7 Å². The molecule has 20 heavy (non-hydrogen) atoms. The summed E-state index contributed by atoms with van der Waals surface area (Å²) in [5.74, 6) is -1.98. The van der Waals surface area contributed by atoms with Gasteiger partial charge in [0.1, 0.15) is 5.82 Å². The summed E-state index contributed by atoms with van der Waals surface area (Å²) < 4.78 is 14.5. The average Bonchev–Trinajstić information content (AvgIpc) is 2.39. The first kappa shape index (κ1) is 14.5. The van der Waals surface area contributed by atoms with Crippen molar-refractivity contribution >= 4 is 27.6 Å². The predicted molar refractivity (Wildman–Crippen MR) is 79.6 cm³/mol. The van der Waals surface area contributed by atoms with Crippen LogP contribution in [0.2, 0.25) is 0 Å². The van der Waals surface area contributed by atoms with Gasteiger partial charge in [-0.2, -0.15) is 0 Å². The number of carboxylic acid groups (broad SMARTS) is 1. The van der Waals surface area contributed by atoms with Crippen molar-refractivity contribution in [1.82, 2.24) is 0 Å². The van der Waals surface area contributed by atoms with Gasteiger partial charge in [0, 0.05) is 16.7 Å². The summed E-state index contributed by atoms with van der Waals surface area (Å²) in [5.41, 5.74) is 2.39. The van der Waals surface area contributed by atoms with E-state index in [1.807, 2.05) is 25.1 Å². The Bertz CT molecular complexity index is 658. The lowest BCUT2D eigenvalue weighted by Gasteiger charge is -2.10. The van der Waals surface area contributed by atoms with E-state index in [1.165, 1.54) is 12.1 Å². The van der Waals surface area contributed by atoms with Gasteiger partial charge in [0.25, 0.3) is 0 Å². The number of carbonyl (C=O) groups is 1. The van der Waals surface area contributed by atoms with Crippen molar-refractivity contribution in [3.05, 3.63) is 63.4 Å². The molecule has 2 aromatic rings. The largest absolute Gasteiger partial charge is 0.478 e. The number of rotatable bonds is 4. The maximum Gasteiger partial charge on any atom is 0.338 e. The minimum atomic E-state index is -1.26. The summed E-state index contributed by atoms with van der Waals surface area (Å²) in [7, 11) is 0. The fourth-order valence-electron chi connectivity index (χ4n) is 1.81. The molecule has 0 spiro atoms. The Morgan fingerprint density at radius 3 is 2.70 bits per heavy atom. The number of aryl methyl sites for hydroxylation is 1. The van der Waals surface area contributed by atoms with Gasteiger partial charge < -0.3 is 10.4 Å². The van der Waals surface area contributed by atoms with Crippen LogP contribution in [0.4, 0.5) is 10.1 Å². The molecule has 104 valence electrons. The Balaban J connectivity index is 2.13. The van der Waals surface area contributed by atoms with Crippen LogP contribution in [0.3, 0.4) is 0 Å². The van der Waals surface area contributed by atoms with Crippen LogP contribution in [-0.2, 0) is 6.54 Å². The highest BCUT2D eigenvalue weighted by molar-refractivity contribution is 9.10. The van der Waals surface area contributed by atoms with Crippen molar-refractivity contribution < 1.29 is 14.3 Å². The number of aromatic carboxylic acids is 1. The lowest BCUT2D eigenvalue weighted by Crippen LogP contribution is -2.04. The van der Waals surface area contributed by atoms with Crippen molar-refractivity contribution in [2.45, 2.75) is 13.5 Å². The zero-order chi connectivity index (χ0) is 14.7. The number of halogens is 2. The highest BCUT2D eigenvalue weighted by atomic mass is 79.9. The van der Waals surface area contributed by atoms with Gasteiger partial charge in [0.05, 0.1) is 5.56 Å². The molecular weight excluding hydrogens is 325 g/mol. The molecule has 5 heteroatoms. The second-order valence-electron chi connectivity index (χ2n) is 4.46. The minimum absolute atomic E-state index is 0.314. The standard InChI is InChI=1S/C15H13BrFNO2/c1-9-2-5-12(16)14(6-9)18-8-10-3-4-11(15(19)20)13(17)7-10/h2-7,18H,8H2,1H3,(H,19,20). The van der Waals surface area contributed by atoms with E-state index in [0.29, 0.717) is 12.1 Å². The van der Waals surface area contributed by atoms with Crippen molar-refractivity contribution in [2.75, 3.05) is 5.32 Å². The molecule has 2 N–H and O–H groups in total. The topological polar surface area (TPSA) is 49.3 Å². The van der Waals surface area contributed by atoms with E-state index >= 15 is 0 Å². The monoisotopic (exact) mass is 337 g/mol. The molecule has 0 unspecified atom stereocenters. The van der Waals surface area contributed by atoms with Crippen LogP contribution < -0.4 is 5.32 Å². The van der Waals surface area contributed by atoms with Crippen LogP contribution in [0.1, 0.15) is 21.5 Å². The number of hydrogen-bond acceptors (Lipinski definition) is 2. The third-order valence-electron chi connectivity index (χ3n) is 2.87. The number of benzene rings is 2. The smallest absolute Gasteiger partial charge is 0.338 e. The summed E-state index contributed by atoms with van der Waals surface area (Å²) in [6.45, 7) is 2.40. The fourth-order valence-corrected chi connectivity index (χ4v) is 2.20. The second kappa shape index (κ2) is 6.05. The molecule has 0 saturated heterocycles. The van der Waals surface area contributed by atoms with Crippen LogP contribution in [-0.4, -0.2) is 11.1 Å². The molecule has 0 bridgehead atoms. The molecule has 0 fully saturated rings. The van der Waals surface area contributed by atoms with Crippen LogP contribution >= 0.6 is 15.9 Å². The summed E-state index contributed by atoms with van der Waals surface area (Å²) in [6.07, 6.45) is 0. The Labute approximate surface area is 124 Å². The summed E-state index contributed by atoms with van der Waals surface area (Å²) in [6, 6.07) is 10.0. The Morgan fingerprint density at radius 1 is 1.30 bits per heavy atom. The molecule has 0 aliphatic carbocycles. The van der Waals surface area contributed by atoms with E-state index < -0.39 is 11.8 Å². The molecule has 0 aromatic heterocycles. The first-order chi connectivity index (χ1) is 9.47. The van der Waals surface area contributed by atoms with Crippen molar-refractivity contribution in [1.29, 1.82) is 0 Å². The molecule has 0 saturated carbocycles. The normalized spacial score (nSPS) is 10.3. The predicted octanol–water partition coefficient (Wildman–Crippen LogP) is 4.21. The highest BCUT2D eigenvalue weighted by Crippen LogP contribution is 2.24. The van der Waals surface area contributed by atoms with Gasteiger partial charge in [0.2, 0.25) is 0 Å². The lowest BCUT2D eigenvalue weighted by atomic mass is 10.1. The molecule has 0 aliphatic heterocycles. The first-order valence-electron chi connectivity index (χ1n) is 5.99. The van der Waals surface area contributed by atoms with Crippen LogP contribution in [0, 0.1) is 12.7 Å². The minimum Gasteiger partial charge on any atom is -0.478 e. The van der Waals surface area contributed by atoms with E-state index in [1.54, 1.807) is 6.07 Å². The summed E-state index contributed by atoms with van der Waals surface area (Å²) in [5, 5.41) is 12.0. The molecule has 0 atom stereocenters. The van der Waals surface area contributed by atoms with Gasteiger partial charge in [-0.3, -0.25) is 0 Å². The fraction of sp³-hybridized carbons (Fsp3) is 0.133. The molecule has 0 aliphatic rings. The number of hydrogen-bond donors (Lipinski definition) is 2. The van der Waals surface area contributed by atoms with Crippen LogP contribution in [0.5, 0.6) is 0 Å². The van der Waals surface area contributed by atoms with Gasteiger partial charge in [-0.05, 0) is 58.2 Å². The zero-order valence-electron chi connectivity index (χ0n) is 10.8. The third kappa shape index (κ3) is 3.36. The summed E-state index contributed by atoms with van der Waals surface area (Å²) >= 11 is 3.43. The number of anilines is 1. The van der Waals surface area contributed by atoms with Crippen molar-refractivity contribution in [2.24, 2.45) is 0 Å². The maximum absolute atomic E-state index is 13.6. The number of carboxylic acids is 1. The highest BCUT2D eigenvalue weighted by Gasteiger charge is 2.10. The van der Waals surface area contributed by atoms with Gasteiger partial charge in [-0.25, -0.2) is 9.18 Å². The Hall–Kier alpha value is -1.88. The quantitative estimate of drug-likeness (QED) is 0.878. The third-order valence-corrected chi connectivity index (χ3v) is 3.56. The maximum atomic E-state index is 13.6. The zero-order valence-corrected chi connectivity index (χ0v) is 12.4. The van der Waals surface area contributed by atoms with Crippen molar-refractivity contribution in [3.8, 4) is 0 Å². The molecule has 0 amide bonds. The molecular formula is C15H13BrFNO2. The Morgan fingerprint density at radius 2 is 2.05 bits per heavy atom. The number of nitrogens with one attached hydrogen (secondary N) is 1. The van der Waals surface area contributed by atoms with E-state index in [9.17, 15) is 9.18 Å².